The Morgan fingerprint density at radius 1 is 1.26 bits per heavy atom. The van der Waals surface area contributed by atoms with Crippen molar-refractivity contribution in [3.05, 3.63) is 41.0 Å². The molecule has 0 spiro atoms. The van der Waals surface area contributed by atoms with Crippen LogP contribution in [0.5, 0.6) is 0 Å². The fourth-order valence-electron chi connectivity index (χ4n) is 3.67. The topological polar surface area (TPSA) is 37.3 Å². The second-order valence-electron chi connectivity index (χ2n) is 7.01. The van der Waals surface area contributed by atoms with Crippen LogP contribution in [-0.2, 0) is 4.79 Å². The number of halogens is 2. The van der Waals surface area contributed by atoms with Crippen molar-refractivity contribution in [2.75, 3.05) is 0 Å². The third-order valence-electron chi connectivity index (χ3n) is 4.93. The lowest BCUT2D eigenvalue weighted by atomic mass is 9.67. The molecule has 0 unspecified atom stereocenters. The lowest BCUT2D eigenvalue weighted by Crippen LogP contribution is -2.31. The van der Waals surface area contributed by atoms with Gasteiger partial charge < -0.3 is 5.11 Å². The largest absolute Gasteiger partial charge is 0.478 e. The van der Waals surface area contributed by atoms with E-state index >= 15 is 0 Å². The predicted octanol–water partition coefficient (Wildman–Crippen LogP) is 5.14. The Balaban J connectivity index is 2.40. The Labute approximate surface area is 136 Å². The van der Waals surface area contributed by atoms with Gasteiger partial charge in [-0.1, -0.05) is 33.3 Å². The minimum Gasteiger partial charge on any atom is -0.478 e. The van der Waals surface area contributed by atoms with E-state index in [2.05, 4.69) is 20.8 Å². The summed E-state index contributed by atoms with van der Waals surface area (Å²) in [7, 11) is 0. The summed E-state index contributed by atoms with van der Waals surface area (Å²) < 4.78 is 26.4. The van der Waals surface area contributed by atoms with E-state index < -0.39 is 17.6 Å². The average Bonchev–Trinajstić information content (AvgIpc) is 2.47. The van der Waals surface area contributed by atoms with Crippen molar-refractivity contribution >= 4 is 12.0 Å². The number of aliphatic carboxylic acids is 1. The summed E-state index contributed by atoms with van der Waals surface area (Å²) in [6.45, 7) is 6.37. The molecule has 1 fully saturated rings. The zero-order valence-corrected chi connectivity index (χ0v) is 13.9. The highest BCUT2D eigenvalue weighted by Gasteiger charge is 2.35. The van der Waals surface area contributed by atoms with Gasteiger partial charge in [0.1, 0.15) is 0 Å². The van der Waals surface area contributed by atoms with Gasteiger partial charge in [-0.05, 0) is 60.3 Å². The number of hydrogen-bond donors (Lipinski definition) is 1. The number of hydrogen-bond acceptors (Lipinski definition) is 1. The molecule has 0 aliphatic heterocycles. The van der Waals surface area contributed by atoms with Crippen LogP contribution in [0.4, 0.5) is 8.78 Å². The van der Waals surface area contributed by atoms with Crippen LogP contribution in [0.1, 0.15) is 45.6 Å². The van der Waals surface area contributed by atoms with E-state index in [-0.39, 0.29) is 5.92 Å². The third-order valence-corrected chi connectivity index (χ3v) is 4.93. The monoisotopic (exact) mass is 322 g/mol. The molecule has 0 amide bonds. The molecule has 0 radical (unpaired) electrons. The lowest BCUT2D eigenvalue weighted by molar-refractivity contribution is -0.133. The van der Waals surface area contributed by atoms with Crippen molar-refractivity contribution in [1.29, 1.82) is 0 Å². The molecule has 2 rings (SSSR count). The van der Waals surface area contributed by atoms with Crippen LogP contribution in [0.2, 0.25) is 0 Å². The molecule has 1 saturated carbocycles. The van der Waals surface area contributed by atoms with Crippen LogP contribution >= 0.6 is 0 Å². The summed E-state index contributed by atoms with van der Waals surface area (Å²) >= 11 is 0. The van der Waals surface area contributed by atoms with Crippen LogP contribution in [0.3, 0.4) is 0 Å². The molecule has 0 saturated heterocycles. The second-order valence-corrected chi connectivity index (χ2v) is 7.01. The van der Waals surface area contributed by atoms with Crippen molar-refractivity contribution in [2.45, 2.75) is 40.0 Å². The van der Waals surface area contributed by atoms with Crippen molar-refractivity contribution < 1.29 is 18.7 Å². The Morgan fingerprint density at radius 3 is 2.52 bits per heavy atom. The summed E-state index contributed by atoms with van der Waals surface area (Å²) in [5.41, 5.74) is 0.697. The SMILES string of the molecule is CC(C)[C@@H]1CC[C@@H](C)C[C@H]1/C(=C\c1ccc(F)c(F)c1)C(=O)O. The summed E-state index contributed by atoms with van der Waals surface area (Å²) in [6, 6.07) is 3.50. The van der Waals surface area contributed by atoms with Gasteiger partial charge in [0.25, 0.3) is 0 Å². The highest BCUT2D eigenvalue weighted by atomic mass is 19.2. The molecule has 23 heavy (non-hydrogen) atoms. The molecule has 0 heterocycles. The molecule has 2 nitrogen and oxygen atoms in total. The Kier molecular flexibility index (Phi) is 5.55. The number of carboxylic acid groups (broad SMARTS) is 1. The molecular formula is C19H24F2O2. The second kappa shape index (κ2) is 7.24. The van der Waals surface area contributed by atoms with Gasteiger partial charge in [-0.15, -0.1) is 0 Å². The Hall–Kier alpha value is -1.71. The number of carbonyl (C=O) groups is 1. The predicted molar refractivity (Wildman–Crippen MR) is 86.8 cm³/mol. The summed E-state index contributed by atoms with van der Waals surface area (Å²) in [5, 5.41) is 9.66. The first-order valence-corrected chi connectivity index (χ1v) is 8.19. The first kappa shape index (κ1) is 17.6. The van der Waals surface area contributed by atoms with Crippen LogP contribution < -0.4 is 0 Å². The maximum atomic E-state index is 13.4. The van der Waals surface area contributed by atoms with E-state index in [0.717, 1.165) is 31.4 Å². The molecule has 126 valence electrons. The molecule has 1 aromatic rings. The van der Waals surface area contributed by atoms with Gasteiger partial charge in [-0.2, -0.15) is 0 Å². The highest BCUT2D eigenvalue weighted by Crippen LogP contribution is 2.42. The zero-order valence-electron chi connectivity index (χ0n) is 13.9. The number of benzene rings is 1. The minimum atomic E-state index is -0.973. The van der Waals surface area contributed by atoms with Crippen LogP contribution in [-0.4, -0.2) is 11.1 Å². The molecule has 1 aromatic carbocycles. The van der Waals surface area contributed by atoms with Crippen LogP contribution in [0.25, 0.3) is 6.08 Å². The van der Waals surface area contributed by atoms with Crippen LogP contribution in [0.15, 0.2) is 23.8 Å². The van der Waals surface area contributed by atoms with Gasteiger partial charge >= 0.3 is 5.97 Å². The van der Waals surface area contributed by atoms with Crippen molar-refractivity contribution in [3.63, 3.8) is 0 Å². The fraction of sp³-hybridized carbons (Fsp3) is 0.526. The maximum Gasteiger partial charge on any atom is 0.331 e. The van der Waals surface area contributed by atoms with Crippen LogP contribution in [0, 0.1) is 35.3 Å². The van der Waals surface area contributed by atoms with Gasteiger partial charge in [0.05, 0.1) is 0 Å². The molecule has 0 bridgehead atoms. The zero-order chi connectivity index (χ0) is 17.1. The minimum absolute atomic E-state index is 0.0515. The normalized spacial score (nSPS) is 25.7. The highest BCUT2D eigenvalue weighted by molar-refractivity contribution is 5.92. The summed E-state index contributed by atoms with van der Waals surface area (Å²) in [4.78, 5) is 11.8. The molecule has 1 aliphatic carbocycles. The Morgan fingerprint density at radius 2 is 1.96 bits per heavy atom. The maximum absolute atomic E-state index is 13.4. The van der Waals surface area contributed by atoms with Crippen molar-refractivity contribution in [2.24, 2.45) is 23.7 Å². The van der Waals surface area contributed by atoms with Gasteiger partial charge in [0.2, 0.25) is 0 Å². The van der Waals surface area contributed by atoms with Gasteiger partial charge in [-0.25, -0.2) is 13.6 Å². The lowest BCUT2D eigenvalue weighted by Gasteiger charge is -2.37. The fourth-order valence-corrected chi connectivity index (χ4v) is 3.67. The molecule has 1 aliphatic rings. The molecule has 4 heteroatoms. The molecular weight excluding hydrogens is 298 g/mol. The van der Waals surface area contributed by atoms with E-state index in [1.807, 2.05) is 0 Å². The van der Waals surface area contributed by atoms with E-state index in [4.69, 9.17) is 0 Å². The van der Waals surface area contributed by atoms with Gasteiger partial charge in [0.15, 0.2) is 11.6 Å². The molecule has 1 N–H and O–H groups in total. The third kappa shape index (κ3) is 4.18. The van der Waals surface area contributed by atoms with E-state index in [9.17, 15) is 18.7 Å². The van der Waals surface area contributed by atoms with Crippen molar-refractivity contribution in [3.8, 4) is 0 Å². The van der Waals surface area contributed by atoms with E-state index in [0.29, 0.717) is 28.9 Å². The molecule has 0 aromatic heterocycles. The number of rotatable bonds is 4. The first-order chi connectivity index (χ1) is 10.8. The molecule has 3 atom stereocenters. The smallest absolute Gasteiger partial charge is 0.331 e. The van der Waals surface area contributed by atoms with Gasteiger partial charge in [-0.3, -0.25) is 0 Å². The van der Waals surface area contributed by atoms with Crippen molar-refractivity contribution in [1.82, 2.24) is 0 Å². The Bertz CT molecular complexity index is 607. The standard InChI is InChI=1S/C19H24F2O2/c1-11(2)14-6-4-12(3)8-15(14)16(19(22)23)9-13-5-7-17(20)18(21)10-13/h5,7,9-12,14-15H,4,6,8H2,1-3H3,(H,22,23)/b16-9+/t12-,14+,15-/m1/s1. The average molecular weight is 322 g/mol. The summed E-state index contributed by atoms with van der Waals surface area (Å²) in [6.07, 6.45) is 4.44. The van der Waals surface area contributed by atoms with E-state index in [1.165, 1.54) is 12.1 Å². The van der Waals surface area contributed by atoms with Gasteiger partial charge in [0, 0.05) is 5.57 Å². The van der Waals surface area contributed by atoms with E-state index in [1.54, 1.807) is 0 Å². The number of carboxylic acids is 1. The summed E-state index contributed by atoms with van der Waals surface area (Å²) in [5.74, 6) is -1.74. The quantitative estimate of drug-likeness (QED) is 0.779. The first-order valence-electron chi connectivity index (χ1n) is 8.19.